The lowest BCUT2D eigenvalue weighted by atomic mass is 10.2. The van der Waals surface area contributed by atoms with Crippen molar-refractivity contribution in [2.45, 2.75) is 19.8 Å². The average molecular weight is 228 g/mol. The number of nitrogens with two attached hydrogens (primary N) is 1. The van der Waals surface area contributed by atoms with Gasteiger partial charge in [-0.1, -0.05) is 24.7 Å². The van der Waals surface area contributed by atoms with E-state index in [0.29, 0.717) is 10.0 Å². The van der Waals surface area contributed by atoms with Crippen LogP contribution in [-0.2, 0) is 6.42 Å². The molecule has 0 atom stereocenters. The number of thiazole rings is 1. The Labute approximate surface area is 93.3 Å². The lowest BCUT2D eigenvalue weighted by molar-refractivity contribution is 0.0831. The van der Waals surface area contributed by atoms with Gasteiger partial charge >= 0.3 is 0 Å². The first-order valence-corrected chi connectivity index (χ1v) is 5.59. The Hall–Kier alpha value is -1.14. The fourth-order valence-corrected chi connectivity index (χ4v) is 2.13. The predicted octanol–water partition coefficient (Wildman–Crippen LogP) is 1.08. The predicted molar refractivity (Wildman–Crippen MR) is 61.9 cm³/mol. The van der Waals surface area contributed by atoms with Crippen molar-refractivity contribution < 1.29 is 4.79 Å². The zero-order chi connectivity index (χ0) is 11.4. The van der Waals surface area contributed by atoms with E-state index in [1.54, 1.807) is 19.0 Å². The Morgan fingerprint density at radius 2 is 2.27 bits per heavy atom. The second-order valence-corrected chi connectivity index (χ2v) is 4.39. The molecule has 1 aromatic rings. The van der Waals surface area contributed by atoms with Gasteiger partial charge in [-0.3, -0.25) is 10.2 Å². The second-order valence-electron chi connectivity index (χ2n) is 3.39. The van der Waals surface area contributed by atoms with Crippen molar-refractivity contribution in [3.63, 3.8) is 0 Å². The van der Waals surface area contributed by atoms with Crippen molar-refractivity contribution in [2.75, 3.05) is 19.5 Å². The maximum atomic E-state index is 11.8. The van der Waals surface area contributed by atoms with E-state index < -0.39 is 0 Å². The van der Waals surface area contributed by atoms with Crippen molar-refractivity contribution in [3.8, 4) is 0 Å². The summed E-state index contributed by atoms with van der Waals surface area (Å²) < 4.78 is 0. The first kappa shape index (κ1) is 11.9. The van der Waals surface area contributed by atoms with Crippen molar-refractivity contribution in [1.29, 1.82) is 0 Å². The summed E-state index contributed by atoms with van der Waals surface area (Å²) >= 11 is 1.30. The molecular weight excluding hydrogens is 212 g/mol. The molecule has 5 nitrogen and oxygen atoms in total. The number of hydrogen-bond acceptors (Lipinski definition) is 5. The number of aromatic nitrogens is 1. The number of rotatable bonds is 4. The van der Waals surface area contributed by atoms with Crippen molar-refractivity contribution in [3.05, 3.63) is 10.6 Å². The van der Waals surface area contributed by atoms with Crippen LogP contribution in [-0.4, -0.2) is 29.9 Å². The smallest absolute Gasteiger partial charge is 0.265 e. The average Bonchev–Trinajstić information content (AvgIpc) is 2.60. The summed E-state index contributed by atoms with van der Waals surface area (Å²) in [5.74, 6) is 5.26. The van der Waals surface area contributed by atoms with Gasteiger partial charge in [0.25, 0.3) is 5.91 Å². The van der Waals surface area contributed by atoms with Crippen LogP contribution in [0.2, 0.25) is 0 Å². The Bertz CT molecular complexity index is 348. The molecule has 0 aromatic carbocycles. The van der Waals surface area contributed by atoms with Crippen LogP contribution < -0.4 is 11.3 Å². The summed E-state index contributed by atoms with van der Waals surface area (Å²) in [5.41, 5.74) is 3.30. The summed E-state index contributed by atoms with van der Waals surface area (Å²) in [5, 5.41) is 0.587. The summed E-state index contributed by atoms with van der Waals surface area (Å²) in [6.45, 7) is 2.05. The van der Waals surface area contributed by atoms with Gasteiger partial charge < -0.3 is 4.90 Å². The molecule has 3 N–H and O–H groups in total. The van der Waals surface area contributed by atoms with Crippen molar-refractivity contribution in [1.82, 2.24) is 9.88 Å². The molecular formula is C9H16N4OS. The van der Waals surface area contributed by atoms with Gasteiger partial charge in [-0.15, -0.1) is 0 Å². The fraction of sp³-hybridized carbons (Fsp3) is 0.556. The Morgan fingerprint density at radius 3 is 2.73 bits per heavy atom. The van der Waals surface area contributed by atoms with E-state index in [0.717, 1.165) is 18.5 Å². The molecule has 0 saturated heterocycles. The number of hydrazine groups is 1. The molecule has 0 aliphatic heterocycles. The molecule has 1 aromatic heterocycles. The third-order valence-corrected chi connectivity index (χ3v) is 2.92. The number of nitrogens with zero attached hydrogens (tertiary/aromatic N) is 2. The van der Waals surface area contributed by atoms with Crippen LogP contribution in [0, 0.1) is 0 Å². The number of nitrogens with one attached hydrogen (secondary N) is 1. The lowest BCUT2D eigenvalue weighted by Crippen LogP contribution is -2.21. The van der Waals surface area contributed by atoms with E-state index in [1.807, 2.05) is 0 Å². The minimum Gasteiger partial charge on any atom is -0.344 e. The van der Waals surface area contributed by atoms with E-state index in [-0.39, 0.29) is 5.91 Å². The van der Waals surface area contributed by atoms with Gasteiger partial charge in [0.15, 0.2) is 5.13 Å². The summed E-state index contributed by atoms with van der Waals surface area (Å²) in [6.07, 6.45) is 1.76. The van der Waals surface area contributed by atoms with Gasteiger partial charge in [0.1, 0.15) is 4.88 Å². The van der Waals surface area contributed by atoms with E-state index in [9.17, 15) is 4.79 Å². The molecule has 6 heteroatoms. The number of amides is 1. The molecule has 0 saturated carbocycles. The van der Waals surface area contributed by atoms with Crippen molar-refractivity contribution >= 4 is 22.4 Å². The number of aryl methyl sites for hydroxylation is 1. The highest BCUT2D eigenvalue weighted by atomic mass is 32.1. The number of carbonyl (C=O) groups excluding carboxylic acids is 1. The number of anilines is 1. The number of nitrogen functional groups attached to an aromatic ring is 1. The third kappa shape index (κ3) is 2.66. The Balaban J connectivity index is 3.03. The highest BCUT2D eigenvalue weighted by Crippen LogP contribution is 2.24. The minimum atomic E-state index is -0.0162. The molecule has 0 bridgehead atoms. The molecule has 0 aliphatic rings. The number of carbonyl (C=O) groups is 1. The Morgan fingerprint density at radius 1 is 1.60 bits per heavy atom. The topological polar surface area (TPSA) is 71.2 Å². The molecule has 0 aliphatic carbocycles. The highest BCUT2D eigenvalue weighted by molar-refractivity contribution is 7.17. The third-order valence-electron chi connectivity index (χ3n) is 1.91. The maximum absolute atomic E-state index is 11.8. The minimum absolute atomic E-state index is 0.0162. The largest absolute Gasteiger partial charge is 0.344 e. The summed E-state index contributed by atoms with van der Waals surface area (Å²) in [7, 11) is 3.46. The summed E-state index contributed by atoms with van der Waals surface area (Å²) in [6, 6.07) is 0. The van der Waals surface area contributed by atoms with Gasteiger partial charge in [-0.2, -0.15) is 0 Å². The van der Waals surface area contributed by atoms with E-state index in [4.69, 9.17) is 5.84 Å². The molecule has 1 rings (SSSR count). The zero-order valence-electron chi connectivity index (χ0n) is 9.20. The quantitative estimate of drug-likeness (QED) is 0.597. The monoisotopic (exact) mass is 228 g/mol. The SMILES string of the molecule is CCCc1nc(NN)sc1C(=O)N(C)C. The molecule has 15 heavy (non-hydrogen) atoms. The second kappa shape index (κ2) is 5.09. The molecule has 84 valence electrons. The molecule has 1 amide bonds. The van der Waals surface area contributed by atoms with Gasteiger partial charge in [0, 0.05) is 14.1 Å². The van der Waals surface area contributed by atoms with Gasteiger partial charge in [0.2, 0.25) is 0 Å². The first-order valence-electron chi connectivity index (χ1n) is 4.78. The van der Waals surface area contributed by atoms with Crippen LogP contribution in [0.15, 0.2) is 0 Å². The van der Waals surface area contributed by atoms with Gasteiger partial charge in [-0.25, -0.2) is 10.8 Å². The van der Waals surface area contributed by atoms with Crippen LogP contribution in [0.4, 0.5) is 5.13 Å². The highest BCUT2D eigenvalue weighted by Gasteiger charge is 2.18. The first-order chi connectivity index (χ1) is 7.10. The molecule has 1 heterocycles. The van der Waals surface area contributed by atoms with E-state index >= 15 is 0 Å². The van der Waals surface area contributed by atoms with Gasteiger partial charge in [0.05, 0.1) is 5.69 Å². The number of hydrogen-bond donors (Lipinski definition) is 2. The molecule has 0 radical (unpaired) electrons. The van der Waals surface area contributed by atoms with Crippen LogP contribution in [0.1, 0.15) is 28.7 Å². The summed E-state index contributed by atoms with van der Waals surface area (Å²) in [4.78, 5) is 18.3. The van der Waals surface area contributed by atoms with Crippen LogP contribution in [0.3, 0.4) is 0 Å². The maximum Gasteiger partial charge on any atom is 0.265 e. The Kier molecular flexibility index (Phi) is 4.05. The normalized spacial score (nSPS) is 10.1. The molecule has 0 spiro atoms. The van der Waals surface area contributed by atoms with Gasteiger partial charge in [-0.05, 0) is 6.42 Å². The van der Waals surface area contributed by atoms with E-state index in [1.165, 1.54) is 11.3 Å². The molecule has 0 fully saturated rings. The van der Waals surface area contributed by atoms with Crippen molar-refractivity contribution in [2.24, 2.45) is 5.84 Å². The molecule has 0 unspecified atom stereocenters. The standard InChI is InChI=1S/C9H16N4OS/c1-4-5-6-7(8(14)13(2)3)15-9(11-6)12-10/h4-5,10H2,1-3H3,(H,11,12). The van der Waals surface area contributed by atoms with Crippen LogP contribution in [0.5, 0.6) is 0 Å². The zero-order valence-corrected chi connectivity index (χ0v) is 10.0. The van der Waals surface area contributed by atoms with Crippen LogP contribution >= 0.6 is 11.3 Å². The van der Waals surface area contributed by atoms with Crippen LogP contribution in [0.25, 0.3) is 0 Å². The lowest BCUT2D eigenvalue weighted by Gasteiger charge is -2.08. The van der Waals surface area contributed by atoms with E-state index in [2.05, 4.69) is 17.3 Å². The fourth-order valence-electron chi connectivity index (χ4n) is 1.19.